The van der Waals surface area contributed by atoms with Gasteiger partial charge in [0.25, 0.3) is 0 Å². The maximum atomic E-state index is 4.22. The Hall–Kier alpha value is -0.640. The first-order chi connectivity index (χ1) is 8.81. The summed E-state index contributed by atoms with van der Waals surface area (Å²) < 4.78 is 0. The Morgan fingerprint density at radius 3 is 2.78 bits per heavy atom. The lowest BCUT2D eigenvalue weighted by Gasteiger charge is -2.15. The highest BCUT2D eigenvalue weighted by molar-refractivity contribution is 7.15. The second kappa shape index (κ2) is 7.07. The van der Waals surface area contributed by atoms with Crippen molar-refractivity contribution in [1.29, 1.82) is 0 Å². The molecule has 2 rings (SSSR count). The van der Waals surface area contributed by atoms with Crippen LogP contribution in [-0.2, 0) is 6.42 Å². The lowest BCUT2D eigenvalue weighted by atomic mass is 9.95. The number of hydrogen-bond donors (Lipinski definition) is 1. The molecule has 1 heterocycles. The Kier molecular flexibility index (Phi) is 5.42. The number of nitrogens with zero attached hydrogens (tertiary/aromatic N) is 2. The standard InChI is InChI=1S/C14H25N3S/c1-3-6-11-7-5-8-12(10-9-11)15-14-17-16-13(4-2)18-14/h11-12H,3-10H2,1-2H3,(H,15,17). The summed E-state index contributed by atoms with van der Waals surface area (Å²) in [5, 5.41) is 14.1. The molecule has 0 saturated heterocycles. The van der Waals surface area contributed by atoms with E-state index in [2.05, 4.69) is 29.4 Å². The molecule has 1 saturated carbocycles. The Bertz CT molecular complexity index is 351. The summed E-state index contributed by atoms with van der Waals surface area (Å²) in [6, 6.07) is 0.615. The zero-order chi connectivity index (χ0) is 12.8. The third-order valence-corrected chi connectivity index (χ3v) is 4.88. The summed E-state index contributed by atoms with van der Waals surface area (Å²) in [4.78, 5) is 0. The Morgan fingerprint density at radius 1 is 1.17 bits per heavy atom. The average molecular weight is 267 g/mol. The third kappa shape index (κ3) is 3.94. The fraction of sp³-hybridized carbons (Fsp3) is 0.857. The van der Waals surface area contributed by atoms with Crippen molar-refractivity contribution in [2.45, 2.75) is 71.3 Å². The van der Waals surface area contributed by atoms with Gasteiger partial charge in [-0.15, -0.1) is 10.2 Å². The van der Waals surface area contributed by atoms with Gasteiger partial charge in [-0.3, -0.25) is 0 Å². The van der Waals surface area contributed by atoms with Gasteiger partial charge in [0.1, 0.15) is 5.01 Å². The monoisotopic (exact) mass is 267 g/mol. The molecule has 2 atom stereocenters. The van der Waals surface area contributed by atoms with Crippen molar-refractivity contribution in [1.82, 2.24) is 10.2 Å². The van der Waals surface area contributed by atoms with Gasteiger partial charge in [0.05, 0.1) is 0 Å². The molecular weight excluding hydrogens is 242 g/mol. The summed E-state index contributed by atoms with van der Waals surface area (Å²) in [5.41, 5.74) is 0. The molecule has 0 aliphatic heterocycles. The van der Waals surface area contributed by atoms with Gasteiger partial charge in [-0.1, -0.05) is 50.9 Å². The molecule has 0 aromatic carbocycles. The highest BCUT2D eigenvalue weighted by Crippen LogP contribution is 2.28. The highest BCUT2D eigenvalue weighted by Gasteiger charge is 2.19. The van der Waals surface area contributed by atoms with Crippen LogP contribution >= 0.6 is 11.3 Å². The van der Waals surface area contributed by atoms with Gasteiger partial charge in [-0.25, -0.2) is 0 Å². The zero-order valence-electron chi connectivity index (χ0n) is 11.6. The zero-order valence-corrected chi connectivity index (χ0v) is 12.4. The van der Waals surface area contributed by atoms with Crippen molar-refractivity contribution in [3.8, 4) is 0 Å². The first-order valence-electron chi connectivity index (χ1n) is 7.40. The second-order valence-electron chi connectivity index (χ2n) is 5.36. The fourth-order valence-corrected chi connectivity index (χ4v) is 3.61. The number of hydrogen-bond acceptors (Lipinski definition) is 4. The van der Waals surface area contributed by atoms with Crippen LogP contribution < -0.4 is 5.32 Å². The smallest absolute Gasteiger partial charge is 0.205 e. The minimum absolute atomic E-state index is 0.615. The van der Waals surface area contributed by atoms with Crippen LogP contribution in [0, 0.1) is 5.92 Å². The van der Waals surface area contributed by atoms with E-state index in [0.717, 1.165) is 22.5 Å². The molecule has 4 heteroatoms. The molecule has 0 amide bonds. The van der Waals surface area contributed by atoms with Crippen LogP contribution in [0.3, 0.4) is 0 Å². The summed E-state index contributed by atoms with van der Waals surface area (Å²) in [5.74, 6) is 0.961. The Labute approximate surface area is 114 Å². The van der Waals surface area contributed by atoms with Gasteiger partial charge >= 0.3 is 0 Å². The van der Waals surface area contributed by atoms with Crippen molar-refractivity contribution in [3.63, 3.8) is 0 Å². The number of aromatic nitrogens is 2. The molecule has 0 spiro atoms. The minimum Gasteiger partial charge on any atom is -0.357 e. The molecule has 1 aromatic rings. The first-order valence-corrected chi connectivity index (χ1v) is 8.22. The number of rotatable bonds is 5. The van der Waals surface area contributed by atoms with E-state index in [-0.39, 0.29) is 0 Å². The van der Waals surface area contributed by atoms with Crippen molar-refractivity contribution < 1.29 is 0 Å². The molecule has 1 N–H and O–H groups in total. The molecule has 102 valence electrons. The van der Waals surface area contributed by atoms with Crippen LogP contribution in [0.5, 0.6) is 0 Å². The van der Waals surface area contributed by atoms with Crippen LogP contribution in [0.1, 0.15) is 63.8 Å². The predicted octanol–water partition coefficient (Wildman–Crippen LogP) is 4.26. The molecule has 0 radical (unpaired) electrons. The van der Waals surface area contributed by atoms with Crippen molar-refractivity contribution in [3.05, 3.63) is 5.01 Å². The molecule has 1 aliphatic carbocycles. The summed E-state index contributed by atoms with van der Waals surface area (Å²) >= 11 is 1.71. The maximum Gasteiger partial charge on any atom is 0.205 e. The van der Waals surface area contributed by atoms with Crippen LogP contribution in [0.4, 0.5) is 5.13 Å². The Morgan fingerprint density at radius 2 is 2.06 bits per heavy atom. The quantitative estimate of drug-likeness (QED) is 0.810. The van der Waals surface area contributed by atoms with Crippen LogP contribution in [-0.4, -0.2) is 16.2 Å². The van der Waals surface area contributed by atoms with E-state index in [9.17, 15) is 0 Å². The van der Waals surface area contributed by atoms with Gasteiger partial charge in [0, 0.05) is 6.04 Å². The van der Waals surface area contributed by atoms with E-state index in [0.29, 0.717) is 6.04 Å². The highest BCUT2D eigenvalue weighted by atomic mass is 32.1. The summed E-state index contributed by atoms with van der Waals surface area (Å²) in [6.45, 7) is 4.43. The molecule has 1 fully saturated rings. The van der Waals surface area contributed by atoms with Gasteiger partial charge in [0.2, 0.25) is 5.13 Å². The summed E-state index contributed by atoms with van der Waals surface area (Å²) in [6.07, 6.45) is 10.5. The van der Waals surface area contributed by atoms with Gasteiger partial charge in [0.15, 0.2) is 0 Å². The molecular formula is C14H25N3S. The number of aryl methyl sites for hydroxylation is 1. The van der Waals surface area contributed by atoms with E-state index in [1.807, 2.05) is 0 Å². The molecule has 2 unspecified atom stereocenters. The van der Waals surface area contributed by atoms with Crippen molar-refractivity contribution in [2.75, 3.05) is 5.32 Å². The summed E-state index contributed by atoms with van der Waals surface area (Å²) in [7, 11) is 0. The minimum atomic E-state index is 0.615. The second-order valence-corrected chi connectivity index (χ2v) is 6.42. The fourth-order valence-electron chi connectivity index (χ4n) is 2.85. The Balaban J connectivity index is 1.82. The number of anilines is 1. The van der Waals surface area contributed by atoms with Crippen LogP contribution in [0.15, 0.2) is 0 Å². The van der Waals surface area contributed by atoms with E-state index in [4.69, 9.17) is 0 Å². The lowest BCUT2D eigenvalue weighted by molar-refractivity contribution is 0.422. The van der Waals surface area contributed by atoms with E-state index < -0.39 is 0 Å². The molecule has 1 aliphatic rings. The van der Waals surface area contributed by atoms with Crippen LogP contribution in [0.25, 0.3) is 0 Å². The van der Waals surface area contributed by atoms with Gasteiger partial charge in [-0.2, -0.15) is 0 Å². The maximum absolute atomic E-state index is 4.22. The SMILES string of the molecule is CCCC1CCCC(Nc2nnc(CC)s2)CC1. The lowest BCUT2D eigenvalue weighted by Crippen LogP contribution is -2.18. The largest absolute Gasteiger partial charge is 0.357 e. The molecule has 1 aromatic heterocycles. The van der Waals surface area contributed by atoms with E-state index in [1.165, 1.54) is 44.9 Å². The van der Waals surface area contributed by atoms with E-state index in [1.54, 1.807) is 11.3 Å². The van der Waals surface area contributed by atoms with Gasteiger partial charge in [-0.05, 0) is 31.6 Å². The van der Waals surface area contributed by atoms with Gasteiger partial charge < -0.3 is 5.32 Å². The van der Waals surface area contributed by atoms with Crippen molar-refractivity contribution >= 4 is 16.5 Å². The third-order valence-electron chi connectivity index (χ3n) is 3.88. The first kappa shape index (κ1) is 13.8. The van der Waals surface area contributed by atoms with Crippen molar-refractivity contribution in [2.24, 2.45) is 5.92 Å². The predicted molar refractivity (Wildman–Crippen MR) is 78.2 cm³/mol. The molecule has 3 nitrogen and oxygen atoms in total. The topological polar surface area (TPSA) is 37.8 Å². The average Bonchev–Trinajstić information content (AvgIpc) is 2.71. The molecule has 0 bridgehead atoms. The molecule has 18 heavy (non-hydrogen) atoms. The van der Waals surface area contributed by atoms with Crippen LogP contribution in [0.2, 0.25) is 0 Å². The normalized spacial score (nSPS) is 24.8. The van der Waals surface area contributed by atoms with E-state index >= 15 is 0 Å². The number of nitrogens with one attached hydrogen (secondary N) is 1.